The van der Waals surface area contributed by atoms with Crippen LogP contribution in [0.25, 0.3) is 0 Å². The van der Waals surface area contributed by atoms with E-state index in [0.717, 1.165) is 31.8 Å². The van der Waals surface area contributed by atoms with Crippen molar-refractivity contribution in [3.05, 3.63) is 24.2 Å². The van der Waals surface area contributed by atoms with Crippen molar-refractivity contribution in [2.24, 2.45) is 0 Å². The van der Waals surface area contributed by atoms with Crippen LogP contribution in [-0.4, -0.2) is 47.2 Å². The molecule has 2 atom stereocenters. The molecule has 2 saturated heterocycles. The second kappa shape index (κ2) is 7.62. The van der Waals surface area contributed by atoms with E-state index in [1.54, 1.807) is 6.26 Å². The zero-order chi connectivity index (χ0) is 16.1. The minimum Gasteiger partial charge on any atom is -0.467 e. The normalized spacial score (nSPS) is 27.3. The molecular formula is C17H26N2O3S. The van der Waals surface area contributed by atoms with Crippen molar-refractivity contribution in [2.75, 3.05) is 25.4 Å². The van der Waals surface area contributed by atoms with Gasteiger partial charge in [-0.2, -0.15) is 11.8 Å². The molecule has 0 saturated carbocycles. The summed E-state index contributed by atoms with van der Waals surface area (Å²) in [6, 6.07) is 3.74. The van der Waals surface area contributed by atoms with Crippen LogP contribution in [0.3, 0.4) is 0 Å². The lowest BCUT2D eigenvalue weighted by Gasteiger charge is -2.28. The van der Waals surface area contributed by atoms with Crippen molar-refractivity contribution in [3.8, 4) is 0 Å². The lowest BCUT2D eigenvalue weighted by atomic mass is 10.1. The van der Waals surface area contributed by atoms with E-state index < -0.39 is 0 Å². The number of carbonyl (C=O) groups excluding carboxylic acids is 1. The molecule has 0 aliphatic carbocycles. The number of urea groups is 1. The highest BCUT2D eigenvalue weighted by Crippen LogP contribution is 2.37. The monoisotopic (exact) mass is 338 g/mol. The fourth-order valence-electron chi connectivity index (χ4n) is 3.19. The van der Waals surface area contributed by atoms with Gasteiger partial charge in [-0.05, 0) is 50.5 Å². The van der Waals surface area contributed by atoms with E-state index in [0.29, 0.717) is 13.1 Å². The predicted octanol–water partition coefficient (Wildman–Crippen LogP) is 3.26. The number of carbonyl (C=O) groups is 1. The molecule has 2 aliphatic heterocycles. The molecule has 0 spiro atoms. The average molecular weight is 338 g/mol. The van der Waals surface area contributed by atoms with Crippen LogP contribution in [0.1, 0.15) is 38.4 Å². The van der Waals surface area contributed by atoms with Crippen molar-refractivity contribution in [1.82, 2.24) is 10.2 Å². The Balaban J connectivity index is 1.57. The molecular weight excluding hydrogens is 312 g/mol. The Labute approximate surface area is 142 Å². The van der Waals surface area contributed by atoms with E-state index in [1.165, 1.54) is 18.6 Å². The van der Waals surface area contributed by atoms with Gasteiger partial charge >= 0.3 is 6.03 Å². The Bertz CT molecular complexity index is 494. The molecule has 23 heavy (non-hydrogen) atoms. The van der Waals surface area contributed by atoms with Gasteiger partial charge in [-0.1, -0.05) is 0 Å². The Hall–Kier alpha value is -1.14. The Morgan fingerprint density at radius 2 is 2.43 bits per heavy atom. The molecule has 0 bridgehead atoms. The zero-order valence-corrected chi connectivity index (χ0v) is 14.6. The molecule has 2 amide bonds. The first-order chi connectivity index (χ1) is 11.1. The molecule has 128 valence electrons. The summed E-state index contributed by atoms with van der Waals surface area (Å²) in [6.07, 6.45) is 6.30. The lowest BCUT2D eigenvalue weighted by molar-refractivity contribution is 0.0776. The van der Waals surface area contributed by atoms with E-state index in [-0.39, 0.29) is 16.9 Å². The van der Waals surface area contributed by atoms with Crippen molar-refractivity contribution >= 4 is 17.8 Å². The van der Waals surface area contributed by atoms with Crippen LogP contribution in [-0.2, 0) is 11.3 Å². The molecule has 6 heteroatoms. The minimum absolute atomic E-state index is 0.0226. The maximum atomic E-state index is 12.7. The first-order valence-electron chi connectivity index (χ1n) is 8.45. The van der Waals surface area contributed by atoms with Gasteiger partial charge in [-0.25, -0.2) is 4.79 Å². The smallest absolute Gasteiger partial charge is 0.317 e. The standard InChI is InChI=1S/C17H26N2O3S/c1-17(7-4-10-23-17)13-18-16(20)19(11-14-5-2-8-21-14)12-15-6-3-9-22-15/h2,5,8,15H,3-4,6-7,9-13H2,1H3,(H,18,20). The van der Waals surface area contributed by atoms with Crippen LogP contribution in [0, 0.1) is 0 Å². The summed E-state index contributed by atoms with van der Waals surface area (Å²) < 4.78 is 11.3. The molecule has 2 unspecified atom stereocenters. The first kappa shape index (κ1) is 16.7. The number of thioether (sulfide) groups is 1. The highest BCUT2D eigenvalue weighted by Gasteiger charge is 2.31. The summed E-state index contributed by atoms with van der Waals surface area (Å²) in [5.41, 5.74) is 0. The van der Waals surface area contributed by atoms with Crippen molar-refractivity contribution in [2.45, 2.75) is 50.0 Å². The zero-order valence-electron chi connectivity index (χ0n) is 13.8. The maximum absolute atomic E-state index is 12.7. The van der Waals surface area contributed by atoms with Crippen LogP contribution >= 0.6 is 11.8 Å². The third kappa shape index (κ3) is 4.67. The van der Waals surface area contributed by atoms with Gasteiger partial charge in [-0.3, -0.25) is 0 Å². The molecule has 1 aromatic rings. The van der Waals surface area contributed by atoms with Gasteiger partial charge in [0, 0.05) is 24.4 Å². The Morgan fingerprint density at radius 1 is 1.52 bits per heavy atom. The first-order valence-corrected chi connectivity index (χ1v) is 9.44. The van der Waals surface area contributed by atoms with E-state index in [9.17, 15) is 4.79 Å². The summed E-state index contributed by atoms with van der Waals surface area (Å²) in [7, 11) is 0. The summed E-state index contributed by atoms with van der Waals surface area (Å²) in [5.74, 6) is 2.00. The molecule has 5 nitrogen and oxygen atoms in total. The molecule has 1 aromatic heterocycles. The third-order valence-corrected chi connectivity index (χ3v) is 6.11. The SMILES string of the molecule is CC1(CNC(=O)N(Cc2ccco2)CC2CCCO2)CCCS1. The number of ether oxygens (including phenoxy) is 1. The molecule has 2 fully saturated rings. The van der Waals surface area contributed by atoms with Gasteiger partial charge in [0.05, 0.1) is 18.9 Å². The quantitative estimate of drug-likeness (QED) is 0.865. The summed E-state index contributed by atoms with van der Waals surface area (Å²) in [4.78, 5) is 14.5. The number of hydrogen-bond acceptors (Lipinski definition) is 4. The Morgan fingerprint density at radius 3 is 3.09 bits per heavy atom. The number of amides is 2. The van der Waals surface area contributed by atoms with Gasteiger partial charge in [0.25, 0.3) is 0 Å². The number of rotatable bonds is 6. The van der Waals surface area contributed by atoms with Crippen LogP contribution < -0.4 is 5.32 Å². The molecule has 3 rings (SSSR count). The van der Waals surface area contributed by atoms with Gasteiger partial charge in [0.15, 0.2) is 0 Å². The topological polar surface area (TPSA) is 54.7 Å². The molecule has 0 radical (unpaired) electrons. The molecule has 0 aromatic carbocycles. The number of nitrogens with one attached hydrogen (secondary N) is 1. The van der Waals surface area contributed by atoms with E-state index >= 15 is 0 Å². The van der Waals surface area contributed by atoms with Crippen LogP contribution in [0.15, 0.2) is 22.8 Å². The largest absolute Gasteiger partial charge is 0.467 e. The van der Waals surface area contributed by atoms with Gasteiger partial charge in [0.1, 0.15) is 5.76 Å². The second-order valence-electron chi connectivity index (χ2n) is 6.66. The summed E-state index contributed by atoms with van der Waals surface area (Å²) >= 11 is 1.96. The van der Waals surface area contributed by atoms with Crippen LogP contribution in [0.4, 0.5) is 4.79 Å². The average Bonchev–Trinajstić information content (AvgIpc) is 3.27. The van der Waals surface area contributed by atoms with Gasteiger partial charge in [0.2, 0.25) is 0 Å². The van der Waals surface area contributed by atoms with Crippen molar-refractivity contribution < 1.29 is 13.9 Å². The minimum atomic E-state index is -0.0226. The third-order valence-electron chi connectivity index (χ3n) is 4.58. The second-order valence-corrected chi connectivity index (χ2v) is 8.34. The number of nitrogens with zero attached hydrogens (tertiary/aromatic N) is 1. The summed E-state index contributed by atoms with van der Waals surface area (Å²) in [6.45, 7) is 4.87. The lowest BCUT2D eigenvalue weighted by Crippen LogP contribution is -2.46. The Kier molecular flexibility index (Phi) is 5.54. The van der Waals surface area contributed by atoms with Crippen molar-refractivity contribution in [3.63, 3.8) is 0 Å². The summed E-state index contributed by atoms with van der Waals surface area (Å²) in [5, 5.41) is 3.12. The van der Waals surface area contributed by atoms with Crippen molar-refractivity contribution in [1.29, 1.82) is 0 Å². The predicted molar refractivity (Wildman–Crippen MR) is 91.6 cm³/mol. The molecule has 3 heterocycles. The molecule has 1 N–H and O–H groups in total. The van der Waals surface area contributed by atoms with Crippen LogP contribution in [0.2, 0.25) is 0 Å². The maximum Gasteiger partial charge on any atom is 0.317 e. The van der Waals surface area contributed by atoms with E-state index in [4.69, 9.17) is 9.15 Å². The van der Waals surface area contributed by atoms with Gasteiger partial charge in [-0.15, -0.1) is 0 Å². The highest BCUT2D eigenvalue weighted by atomic mass is 32.2. The van der Waals surface area contributed by atoms with Crippen LogP contribution in [0.5, 0.6) is 0 Å². The van der Waals surface area contributed by atoms with E-state index in [2.05, 4.69) is 12.2 Å². The number of furan rings is 1. The number of hydrogen-bond donors (Lipinski definition) is 1. The fraction of sp³-hybridized carbons (Fsp3) is 0.706. The van der Waals surface area contributed by atoms with Gasteiger partial charge < -0.3 is 19.4 Å². The molecule has 2 aliphatic rings. The van der Waals surface area contributed by atoms with E-state index in [1.807, 2.05) is 28.8 Å². The fourth-order valence-corrected chi connectivity index (χ4v) is 4.44. The highest BCUT2D eigenvalue weighted by molar-refractivity contribution is 8.00.